The average molecular weight is 488 g/mol. The van der Waals surface area contributed by atoms with E-state index in [0.29, 0.717) is 12.3 Å². The fraction of sp³-hybridized carbons (Fsp3) is 0.333. The Bertz CT molecular complexity index is 1100. The second-order valence-corrected chi connectivity index (χ2v) is 8.72. The third kappa shape index (κ3) is 5.65. The highest BCUT2D eigenvalue weighted by atomic mass is 35.5. The van der Waals surface area contributed by atoms with Gasteiger partial charge in [-0.05, 0) is 42.3 Å². The Morgan fingerprint density at radius 3 is 2.79 bits per heavy atom. The van der Waals surface area contributed by atoms with E-state index in [2.05, 4.69) is 4.90 Å². The molecule has 3 aromatic rings. The third-order valence-corrected chi connectivity index (χ3v) is 6.61. The van der Waals surface area contributed by atoms with Gasteiger partial charge in [0.05, 0.1) is 23.4 Å². The Balaban J connectivity index is 0.00000259. The molecule has 0 spiro atoms. The van der Waals surface area contributed by atoms with Crippen molar-refractivity contribution in [2.24, 2.45) is 0 Å². The molecule has 3 heterocycles. The van der Waals surface area contributed by atoms with Gasteiger partial charge in [-0.1, -0.05) is 29.5 Å². The summed E-state index contributed by atoms with van der Waals surface area (Å²) in [5.41, 5.74) is 1.80. The summed E-state index contributed by atoms with van der Waals surface area (Å²) in [7, 11) is 0. The van der Waals surface area contributed by atoms with Crippen LogP contribution in [-0.2, 0) is 9.53 Å². The van der Waals surface area contributed by atoms with Crippen LogP contribution < -0.4 is 14.4 Å². The van der Waals surface area contributed by atoms with E-state index in [-0.39, 0.29) is 25.1 Å². The molecule has 1 amide bonds. The Morgan fingerprint density at radius 1 is 1.12 bits per heavy atom. The molecule has 0 atom stereocenters. The monoisotopic (exact) mass is 487 g/mol. The van der Waals surface area contributed by atoms with E-state index in [1.54, 1.807) is 22.3 Å². The van der Waals surface area contributed by atoms with Gasteiger partial charge in [0, 0.05) is 32.3 Å². The number of hydrogen-bond donors (Lipinski definition) is 0. The number of morpholine rings is 1. The van der Waals surface area contributed by atoms with Crippen molar-refractivity contribution in [1.29, 1.82) is 0 Å². The van der Waals surface area contributed by atoms with Crippen LogP contribution >= 0.6 is 23.7 Å². The molecule has 2 aliphatic heterocycles. The lowest BCUT2D eigenvalue weighted by molar-refractivity contribution is -0.114. The molecule has 0 saturated carbocycles. The summed E-state index contributed by atoms with van der Waals surface area (Å²) < 4.78 is 17.3. The first kappa shape index (κ1) is 23.5. The van der Waals surface area contributed by atoms with Gasteiger partial charge in [0.15, 0.2) is 16.6 Å². The second-order valence-electron chi connectivity index (χ2n) is 7.71. The van der Waals surface area contributed by atoms with E-state index in [1.807, 2.05) is 48.5 Å². The van der Waals surface area contributed by atoms with Gasteiger partial charge < -0.3 is 14.2 Å². The molecule has 5 rings (SSSR count). The minimum atomic E-state index is -0.0799. The van der Waals surface area contributed by atoms with Crippen molar-refractivity contribution in [2.45, 2.75) is 6.42 Å². The summed E-state index contributed by atoms with van der Waals surface area (Å²) in [5, 5.41) is 0.730. The van der Waals surface area contributed by atoms with E-state index in [0.717, 1.165) is 65.9 Å². The fourth-order valence-electron chi connectivity index (χ4n) is 3.83. The number of carbonyl (C=O) groups excluding carboxylic acids is 1. The summed E-state index contributed by atoms with van der Waals surface area (Å²) in [6, 6.07) is 13.6. The largest absolute Gasteiger partial charge is 0.454 e. The van der Waals surface area contributed by atoms with Gasteiger partial charge in [-0.2, -0.15) is 0 Å². The summed E-state index contributed by atoms with van der Waals surface area (Å²) in [5.74, 6) is 1.35. The van der Waals surface area contributed by atoms with Crippen molar-refractivity contribution < 1.29 is 19.0 Å². The van der Waals surface area contributed by atoms with Gasteiger partial charge >= 0.3 is 0 Å². The molecular formula is C24H26ClN3O4S. The number of amides is 1. The number of aromatic nitrogens is 1. The number of anilines is 1. The van der Waals surface area contributed by atoms with Crippen molar-refractivity contribution in [3.05, 3.63) is 54.1 Å². The molecule has 0 aliphatic carbocycles. The molecule has 1 fully saturated rings. The first-order chi connectivity index (χ1) is 15.8. The Kier molecular flexibility index (Phi) is 7.82. The van der Waals surface area contributed by atoms with Crippen molar-refractivity contribution in [3.8, 4) is 11.5 Å². The normalized spacial score (nSPS) is 15.6. The molecule has 33 heavy (non-hydrogen) atoms. The maximum Gasteiger partial charge on any atom is 0.252 e. The molecule has 2 aromatic carbocycles. The van der Waals surface area contributed by atoms with E-state index in [9.17, 15) is 4.79 Å². The first-order valence-electron chi connectivity index (χ1n) is 10.8. The van der Waals surface area contributed by atoms with Crippen molar-refractivity contribution in [1.82, 2.24) is 9.88 Å². The third-order valence-electron chi connectivity index (χ3n) is 5.55. The Hall–Kier alpha value is -2.65. The minimum Gasteiger partial charge on any atom is -0.454 e. The number of nitrogens with zero attached hydrogens (tertiary/aromatic N) is 3. The molecule has 0 bridgehead atoms. The maximum absolute atomic E-state index is 13.2. The number of hydrogen-bond acceptors (Lipinski definition) is 7. The molecule has 2 aliphatic rings. The highest BCUT2D eigenvalue weighted by molar-refractivity contribution is 7.22. The molecule has 0 unspecified atom stereocenters. The molecule has 1 saturated heterocycles. The van der Waals surface area contributed by atoms with Crippen LogP contribution in [0.4, 0.5) is 5.13 Å². The van der Waals surface area contributed by atoms with Crippen LogP contribution in [0, 0.1) is 0 Å². The number of carbonyl (C=O) groups is 1. The zero-order valence-corrected chi connectivity index (χ0v) is 19.8. The SMILES string of the molecule is Cl.O=C(/C=C/c1ccc2c(c1)OCO2)N(CCCN1CCOCC1)c1nc2ccccc2s1. The molecule has 174 valence electrons. The molecule has 0 radical (unpaired) electrons. The molecular weight excluding hydrogens is 462 g/mol. The summed E-state index contributed by atoms with van der Waals surface area (Å²) in [6.45, 7) is 5.22. The van der Waals surface area contributed by atoms with Crippen molar-refractivity contribution >= 4 is 51.1 Å². The minimum absolute atomic E-state index is 0. The van der Waals surface area contributed by atoms with Crippen molar-refractivity contribution in [3.63, 3.8) is 0 Å². The van der Waals surface area contributed by atoms with Gasteiger partial charge in [-0.25, -0.2) is 4.98 Å². The zero-order chi connectivity index (χ0) is 21.8. The lowest BCUT2D eigenvalue weighted by Gasteiger charge is -2.27. The fourth-order valence-corrected chi connectivity index (χ4v) is 4.82. The first-order valence-corrected chi connectivity index (χ1v) is 11.6. The van der Waals surface area contributed by atoms with E-state index in [4.69, 9.17) is 19.2 Å². The number of rotatable bonds is 7. The maximum atomic E-state index is 13.2. The van der Waals surface area contributed by atoms with E-state index < -0.39 is 0 Å². The van der Waals surface area contributed by atoms with Gasteiger partial charge in [-0.3, -0.25) is 14.6 Å². The smallest absolute Gasteiger partial charge is 0.252 e. The molecule has 9 heteroatoms. The predicted octanol–water partition coefficient (Wildman–Crippen LogP) is 4.22. The Morgan fingerprint density at radius 2 is 1.94 bits per heavy atom. The van der Waals surface area contributed by atoms with Crippen LogP contribution in [0.1, 0.15) is 12.0 Å². The van der Waals surface area contributed by atoms with E-state index in [1.165, 1.54) is 0 Å². The number of halogens is 1. The lowest BCUT2D eigenvalue weighted by atomic mass is 10.2. The molecule has 0 N–H and O–H groups in total. The van der Waals surface area contributed by atoms with Crippen LogP contribution in [0.15, 0.2) is 48.5 Å². The van der Waals surface area contributed by atoms with Crippen LogP contribution in [0.3, 0.4) is 0 Å². The van der Waals surface area contributed by atoms with Crippen LogP contribution in [0.25, 0.3) is 16.3 Å². The number of thiazole rings is 1. The lowest BCUT2D eigenvalue weighted by Crippen LogP contribution is -2.39. The van der Waals surface area contributed by atoms with Crippen LogP contribution in [-0.4, -0.2) is 62.0 Å². The van der Waals surface area contributed by atoms with Gasteiger partial charge in [0.2, 0.25) is 6.79 Å². The van der Waals surface area contributed by atoms with Crippen molar-refractivity contribution in [2.75, 3.05) is 51.1 Å². The average Bonchev–Trinajstić information content (AvgIpc) is 3.47. The highest BCUT2D eigenvalue weighted by Crippen LogP contribution is 2.33. The topological polar surface area (TPSA) is 64.1 Å². The quantitative estimate of drug-likeness (QED) is 0.465. The Labute approximate surface area is 203 Å². The number of ether oxygens (including phenoxy) is 3. The number of benzene rings is 2. The second kappa shape index (κ2) is 11.0. The van der Waals surface area contributed by atoms with Gasteiger partial charge in [0.1, 0.15) is 0 Å². The summed E-state index contributed by atoms with van der Waals surface area (Å²) >= 11 is 1.55. The summed E-state index contributed by atoms with van der Waals surface area (Å²) in [6.07, 6.45) is 4.30. The number of fused-ring (bicyclic) bond motifs is 2. The van der Waals surface area contributed by atoms with Gasteiger partial charge in [0.25, 0.3) is 5.91 Å². The standard InChI is InChI=1S/C24H25N3O4S.ClH/c28-23(9-7-18-6-8-20-21(16-18)31-17-30-20)27(11-3-10-26-12-14-29-15-13-26)24-25-19-4-1-2-5-22(19)32-24;/h1-2,4-9,16H,3,10-15,17H2;1H/b9-7+;. The van der Waals surface area contributed by atoms with Crippen LogP contribution in [0.2, 0.25) is 0 Å². The molecule has 7 nitrogen and oxygen atoms in total. The molecule has 1 aromatic heterocycles. The van der Waals surface area contributed by atoms with E-state index >= 15 is 0 Å². The number of para-hydroxylation sites is 1. The summed E-state index contributed by atoms with van der Waals surface area (Å²) in [4.78, 5) is 22.1. The highest BCUT2D eigenvalue weighted by Gasteiger charge is 2.19. The van der Waals surface area contributed by atoms with Crippen LogP contribution in [0.5, 0.6) is 11.5 Å². The zero-order valence-electron chi connectivity index (χ0n) is 18.1. The van der Waals surface area contributed by atoms with Gasteiger partial charge in [-0.15, -0.1) is 12.4 Å². The predicted molar refractivity (Wildman–Crippen MR) is 133 cm³/mol.